The van der Waals surface area contributed by atoms with Crippen LogP contribution < -0.4 is 15.4 Å². The number of anilines is 2. The zero-order valence-electron chi connectivity index (χ0n) is 9.57. The van der Waals surface area contributed by atoms with Gasteiger partial charge in [-0.2, -0.15) is 0 Å². The van der Waals surface area contributed by atoms with Gasteiger partial charge < -0.3 is 15.4 Å². The molecular weight excluding hydrogens is 202 g/mol. The number of ether oxygens (including phenoxy) is 1. The fourth-order valence-corrected chi connectivity index (χ4v) is 2.79. The molecule has 4 heteroatoms. The highest BCUT2D eigenvalue weighted by Crippen LogP contribution is 2.50. The van der Waals surface area contributed by atoms with Crippen molar-refractivity contribution in [2.45, 2.75) is 19.3 Å². The second kappa shape index (κ2) is 3.27. The molecule has 2 fully saturated rings. The van der Waals surface area contributed by atoms with Crippen molar-refractivity contribution in [3.8, 4) is 5.75 Å². The zero-order valence-corrected chi connectivity index (χ0v) is 9.57. The Hall–Kier alpha value is -1.45. The van der Waals surface area contributed by atoms with Crippen LogP contribution in [0.4, 0.5) is 11.5 Å². The lowest BCUT2D eigenvalue weighted by Crippen LogP contribution is -2.60. The minimum atomic E-state index is 0.595. The number of aromatic nitrogens is 1. The van der Waals surface area contributed by atoms with Gasteiger partial charge in [-0.25, -0.2) is 4.98 Å². The molecule has 2 heterocycles. The molecule has 1 spiro atoms. The fraction of sp³-hybridized carbons (Fsp3) is 0.583. The lowest BCUT2D eigenvalue weighted by atomic mass is 9.63. The minimum absolute atomic E-state index is 0.595. The molecule has 0 atom stereocenters. The van der Waals surface area contributed by atoms with E-state index < -0.39 is 0 Å². The molecule has 1 aliphatic carbocycles. The number of hydrogen-bond acceptors (Lipinski definition) is 4. The van der Waals surface area contributed by atoms with Gasteiger partial charge in [0.05, 0.1) is 12.8 Å². The van der Waals surface area contributed by atoms with Crippen LogP contribution in [0.1, 0.15) is 19.3 Å². The van der Waals surface area contributed by atoms with Gasteiger partial charge in [-0.15, -0.1) is 0 Å². The quantitative estimate of drug-likeness (QED) is 0.822. The molecule has 0 radical (unpaired) electrons. The van der Waals surface area contributed by atoms with E-state index in [9.17, 15) is 0 Å². The highest BCUT2D eigenvalue weighted by atomic mass is 16.5. The lowest BCUT2D eigenvalue weighted by molar-refractivity contribution is 0.0891. The maximum absolute atomic E-state index is 5.87. The number of nitrogens with zero attached hydrogens (tertiary/aromatic N) is 2. The van der Waals surface area contributed by atoms with Crippen molar-refractivity contribution in [2.24, 2.45) is 5.41 Å². The first-order valence-electron chi connectivity index (χ1n) is 5.78. The smallest absolute Gasteiger partial charge is 0.184 e. The molecule has 1 aliphatic heterocycles. The largest absolute Gasteiger partial charge is 0.491 e. The van der Waals surface area contributed by atoms with Crippen LogP contribution in [0.5, 0.6) is 5.75 Å². The highest BCUT2D eigenvalue weighted by Gasteiger charge is 2.48. The van der Waals surface area contributed by atoms with E-state index in [1.54, 1.807) is 19.4 Å². The van der Waals surface area contributed by atoms with E-state index in [4.69, 9.17) is 10.5 Å². The van der Waals surface area contributed by atoms with Crippen LogP contribution in [0.2, 0.25) is 0 Å². The second-order valence-electron chi connectivity index (χ2n) is 4.97. The summed E-state index contributed by atoms with van der Waals surface area (Å²) in [4.78, 5) is 6.65. The van der Waals surface area contributed by atoms with Gasteiger partial charge in [0.2, 0.25) is 0 Å². The monoisotopic (exact) mass is 219 g/mol. The van der Waals surface area contributed by atoms with Gasteiger partial charge in [-0.1, -0.05) is 6.42 Å². The summed E-state index contributed by atoms with van der Waals surface area (Å²) in [5.74, 6) is 1.62. The Labute approximate surface area is 95.4 Å². The van der Waals surface area contributed by atoms with Gasteiger partial charge in [0.25, 0.3) is 0 Å². The number of rotatable bonds is 2. The summed E-state index contributed by atoms with van der Waals surface area (Å²) >= 11 is 0. The van der Waals surface area contributed by atoms with Crippen molar-refractivity contribution < 1.29 is 4.74 Å². The van der Waals surface area contributed by atoms with Crippen LogP contribution in [0.15, 0.2) is 12.3 Å². The maximum Gasteiger partial charge on any atom is 0.184 e. The van der Waals surface area contributed by atoms with Gasteiger partial charge >= 0.3 is 0 Å². The molecule has 1 aromatic heterocycles. The van der Waals surface area contributed by atoms with E-state index >= 15 is 0 Å². The molecule has 0 unspecified atom stereocenters. The van der Waals surface area contributed by atoms with E-state index in [2.05, 4.69) is 9.88 Å². The van der Waals surface area contributed by atoms with Gasteiger partial charge in [0, 0.05) is 24.7 Å². The van der Waals surface area contributed by atoms with E-state index in [1.807, 2.05) is 0 Å². The summed E-state index contributed by atoms with van der Waals surface area (Å²) in [6, 6.07) is 1.78. The molecule has 2 N–H and O–H groups in total. The predicted octanol–water partition coefficient (Wildman–Crippen LogP) is 1.66. The standard InChI is InChI=1S/C12H17N3O/c1-16-10-9(13)3-6-14-11(10)15-7-12(8-15)4-2-5-12/h3,6H,2,4-5,7-8H2,1H3,(H2,13,14). The molecule has 1 saturated heterocycles. The van der Waals surface area contributed by atoms with Crippen molar-refractivity contribution in [1.29, 1.82) is 0 Å². The van der Waals surface area contributed by atoms with Gasteiger partial charge in [0.1, 0.15) is 0 Å². The van der Waals surface area contributed by atoms with Crippen molar-refractivity contribution >= 4 is 11.5 Å². The average Bonchev–Trinajstić information content (AvgIpc) is 2.13. The Balaban J connectivity index is 1.82. The topological polar surface area (TPSA) is 51.4 Å². The lowest BCUT2D eigenvalue weighted by Gasteiger charge is -2.56. The first-order valence-corrected chi connectivity index (χ1v) is 5.78. The number of pyridine rings is 1. The molecule has 16 heavy (non-hydrogen) atoms. The number of nitrogens with two attached hydrogens (primary N) is 1. The molecule has 3 rings (SSSR count). The third-order valence-corrected chi connectivity index (χ3v) is 3.89. The first kappa shape index (κ1) is 9.75. The molecular formula is C12H17N3O. The van der Waals surface area contributed by atoms with Crippen molar-refractivity contribution in [3.05, 3.63) is 12.3 Å². The Morgan fingerprint density at radius 3 is 2.75 bits per heavy atom. The third-order valence-electron chi connectivity index (χ3n) is 3.89. The van der Waals surface area contributed by atoms with Crippen LogP contribution in [-0.2, 0) is 0 Å². The molecule has 86 valence electrons. The molecule has 0 bridgehead atoms. The van der Waals surface area contributed by atoms with Crippen molar-refractivity contribution in [1.82, 2.24) is 4.98 Å². The molecule has 1 aromatic rings. The predicted molar refractivity (Wildman–Crippen MR) is 63.7 cm³/mol. The van der Waals surface area contributed by atoms with Crippen LogP contribution in [0.3, 0.4) is 0 Å². The molecule has 0 amide bonds. The Kier molecular flexibility index (Phi) is 1.99. The van der Waals surface area contributed by atoms with E-state index in [1.165, 1.54) is 19.3 Å². The minimum Gasteiger partial charge on any atom is -0.491 e. The maximum atomic E-state index is 5.87. The normalized spacial score (nSPS) is 21.4. The Morgan fingerprint density at radius 2 is 2.19 bits per heavy atom. The fourth-order valence-electron chi connectivity index (χ4n) is 2.79. The second-order valence-corrected chi connectivity index (χ2v) is 4.97. The molecule has 2 aliphatic rings. The summed E-state index contributed by atoms with van der Waals surface area (Å²) < 4.78 is 5.32. The van der Waals surface area contributed by atoms with Crippen LogP contribution in [-0.4, -0.2) is 25.2 Å². The number of hydrogen-bond donors (Lipinski definition) is 1. The average molecular weight is 219 g/mol. The van der Waals surface area contributed by atoms with Gasteiger partial charge in [-0.05, 0) is 18.9 Å². The van der Waals surface area contributed by atoms with Crippen molar-refractivity contribution in [2.75, 3.05) is 30.8 Å². The van der Waals surface area contributed by atoms with Crippen LogP contribution >= 0.6 is 0 Å². The van der Waals surface area contributed by atoms with E-state index in [0.29, 0.717) is 11.1 Å². The molecule has 0 aromatic carbocycles. The van der Waals surface area contributed by atoms with Crippen molar-refractivity contribution in [3.63, 3.8) is 0 Å². The summed E-state index contributed by atoms with van der Waals surface area (Å²) in [5.41, 5.74) is 7.13. The summed E-state index contributed by atoms with van der Waals surface area (Å²) in [7, 11) is 1.65. The summed E-state index contributed by atoms with van der Waals surface area (Å²) in [6.45, 7) is 2.22. The van der Waals surface area contributed by atoms with Crippen LogP contribution in [0.25, 0.3) is 0 Å². The summed E-state index contributed by atoms with van der Waals surface area (Å²) in [5, 5.41) is 0. The SMILES string of the molecule is COc1c(N)ccnc1N1CC2(CCC2)C1. The number of methoxy groups -OCH3 is 1. The van der Waals surface area contributed by atoms with Crippen LogP contribution in [0, 0.1) is 5.41 Å². The Morgan fingerprint density at radius 1 is 1.44 bits per heavy atom. The van der Waals surface area contributed by atoms with Gasteiger partial charge in [-0.3, -0.25) is 0 Å². The summed E-state index contributed by atoms with van der Waals surface area (Å²) in [6.07, 6.45) is 5.87. The number of nitrogen functional groups attached to an aromatic ring is 1. The molecule has 4 nitrogen and oxygen atoms in total. The zero-order chi connectivity index (χ0) is 11.2. The first-order chi connectivity index (χ1) is 7.74. The Bertz CT molecular complexity index is 407. The van der Waals surface area contributed by atoms with E-state index in [0.717, 1.165) is 24.7 Å². The third kappa shape index (κ3) is 1.25. The van der Waals surface area contributed by atoms with Gasteiger partial charge in [0.15, 0.2) is 11.6 Å². The van der Waals surface area contributed by atoms with E-state index in [-0.39, 0.29) is 0 Å². The highest BCUT2D eigenvalue weighted by molar-refractivity contribution is 5.67. The molecule has 1 saturated carbocycles.